The molecule has 1 saturated carbocycles. The van der Waals surface area contributed by atoms with Crippen LogP contribution in [0.25, 0.3) is 5.65 Å². The Bertz CT molecular complexity index is 1030. The zero-order chi connectivity index (χ0) is 19.1. The standard InChI is InChI=1S/C21H22FN5O/c22-16-4-1-3-15(11-16)17-5-2-10-26(17)20-9-8-19-23-13-18(27(19)25-20)21(28)24-12-14-6-7-14/h1,3-4,8-9,11,13-14,17H,2,5-7,10,12H2,(H,24,28)/t17-/m1/s1. The molecule has 3 heterocycles. The van der Waals surface area contributed by atoms with E-state index in [9.17, 15) is 9.18 Å². The van der Waals surface area contributed by atoms with Gasteiger partial charge in [-0.2, -0.15) is 0 Å². The lowest BCUT2D eigenvalue weighted by atomic mass is 10.0. The normalized spacial score (nSPS) is 19.3. The minimum Gasteiger partial charge on any atom is -0.350 e. The van der Waals surface area contributed by atoms with Gasteiger partial charge in [-0.25, -0.2) is 13.9 Å². The fourth-order valence-electron chi connectivity index (χ4n) is 3.92. The monoisotopic (exact) mass is 379 g/mol. The van der Waals surface area contributed by atoms with Crippen molar-refractivity contribution in [3.05, 3.63) is 59.7 Å². The Hall–Kier alpha value is -2.96. The van der Waals surface area contributed by atoms with Crippen LogP contribution in [0.4, 0.5) is 10.2 Å². The third-order valence-electron chi connectivity index (χ3n) is 5.61. The summed E-state index contributed by atoms with van der Waals surface area (Å²) >= 11 is 0. The van der Waals surface area contributed by atoms with Gasteiger partial charge in [0.1, 0.15) is 11.6 Å². The Morgan fingerprint density at radius 3 is 2.93 bits per heavy atom. The molecule has 1 aliphatic heterocycles. The summed E-state index contributed by atoms with van der Waals surface area (Å²) in [5.41, 5.74) is 2.04. The first-order chi connectivity index (χ1) is 13.7. The van der Waals surface area contributed by atoms with Crippen LogP contribution >= 0.6 is 0 Å². The van der Waals surface area contributed by atoms with Gasteiger partial charge in [0.25, 0.3) is 5.91 Å². The van der Waals surface area contributed by atoms with Crippen LogP contribution in [0.1, 0.15) is 47.8 Å². The molecule has 2 aromatic heterocycles. The van der Waals surface area contributed by atoms with E-state index in [-0.39, 0.29) is 17.8 Å². The van der Waals surface area contributed by atoms with Crippen molar-refractivity contribution in [3.63, 3.8) is 0 Å². The molecule has 1 N–H and O–H groups in total. The van der Waals surface area contributed by atoms with E-state index in [0.29, 0.717) is 23.8 Å². The number of carbonyl (C=O) groups excluding carboxylic acids is 1. The van der Waals surface area contributed by atoms with Crippen LogP contribution < -0.4 is 10.2 Å². The highest BCUT2D eigenvalue weighted by atomic mass is 19.1. The van der Waals surface area contributed by atoms with Gasteiger partial charge in [0.05, 0.1) is 12.2 Å². The van der Waals surface area contributed by atoms with E-state index in [1.165, 1.54) is 18.9 Å². The lowest BCUT2D eigenvalue weighted by molar-refractivity contribution is 0.0945. The van der Waals surface area contributed by atoms with E-state index >= 15 is 0 Å². The number of rotatable bonds is 5. The second-order valence-corrected chi connectivity index (χ2v) is 7.66. The summed E-state index contributed by atoms with van der Waals surface area (Å²) in [5, 5.41) is 7.68. The van der Waals surface area contributed by atoms with Gasteiger partial charge in [0.15, 0.2) is 11.3 Å². The topological polar surface area (TPSA) is 62.5 Å². The molecule has 1 aliphatic carbocycles. The number of aromatic nitrogens is 3. The molecule has 1 saturated heterocycles. The molecule has 0 unspecified atom stereocenters. The number of amides is 1. The third-order valence-corrected chi connectivity index (χ3v) is 5.61. The molecule has 0 spiro atoms. The van der Waals surface area contributed by atoms with E-state index in [0.717, 1.165) is 30.8 Å². The summed E-state index contributed by atoms with van der Waals surface area (Å²) in [7, 11) is 0. The summed E-state index contributed by atoms with van der Waals surface area (Å²) in [6, 6.07) is 10.6. The van der Waals surface area contributed by atoms with Gasteiger partial charge >= 0.3 is 0 Å². The molecule has 0 radical (unpaired) electrons. The fraction of sp³-hybridized carbons (Fsp3) is 0.381. The van der Waals surface area contributed by atoms with E-state index < -0.39 is 0 Å². The molecule has 0 bridgehead atoms. The Morgan fingerprint density at radius 2 is 2.11 bits per heavy atom. The predicted octanol–water partition coefficient (Wildman–Crippen LogP) is 3.35. The molecule has 7 heteroatoms. The second-order valence-electron chi connectivity index (χ2n) is 7.66. The Morgan fingerprint density at radius 1 is 1.21 bits per heavy atom. The number of halogens is 1. The quantitative estimate of drug-likeness (QED) is 0.739. The third kappa shape index (κ3) is 3.21. The Labute approximate surface area is 162 Å². The van der Waals surface area contributed by atoms with Gasteiger partial charge in [-0.1, -0.05) is 12.1 Å². The molecular weight excluding hydrogens is 357 g/mol. The Balaban J connectivity index is 1.45. The molecule has 2 aliphatic rings. The summed E-state index contributed by atoms with van der Waals surface area (Å²) in [4.78, 5) is 19.0. The number of anilines is 1. The zero-order valence-corrected chi connectivity index (χ0v) is 15.5. The van der Waals surface area contributed by atoms with Gasteiger partial charge in [-0.3, -0.25) is 4.79 Å². The van der Waals surface area contributed by atoms with Crippen molar-refractivity contribution in [2.45, 2.75) is 31.7 Å². The number of benzene rings is 1. The maximum Gasteiger partial charge on any atom is 0.271 e. The highest BCUT2D eigenvalue weighted by molar-refractivity contribution is 5.93. The van der Waals surface area contributed by atoms with Crippen molar-refractivity contribution >= 4 is 17.4 Å². The van der Waals surface area contributed by atoms with Crippen molar-refractivity contribution in [2.24, 2.45) is 5.92 Å². The van der Waals surface area contributed by atoms with Crippen LogP contribution in [-0.2, 0) is 0 Å². The molecule has 6 nitrogen and oxygen atoms in total. The van der Waals surface area contributed by atoms with Gasteiger partial charge in [0, 0.05) is 13.1 Å². The molecule has 1 atom stereocenters. The van der Waals surface area contributed by atoms with Crippen molar-refractivity contribution in [2.75, 3.05) is 18.0 Å². The smallest absolute Gasteiger partial charge is 0.271 e. The second kappa shape index (κ2) is 6.89. The lowest BCUT2D eigenvalue weighted by Crippen LogP contribution is -2.28. The lowest BCUT2D eigenvalue weighted by Gasteiger charge is -2.26. The van der Waals surface area contributed by atoms with E-state index in [2.05, 4.69) is 15.2 Å². The van der Waals surface area contributed by atoms with Crippen LogP contribution in [0.5, 0.6) is 0 Å². The van der Waals surface area contributed by atoms with Crippen molar-refractivity contribution in [1.82, 2.24) is 19.9 Å². The molecule has 3 aromatic rings. The number of hydrogen-bond donors (Lipinski definition) is 1. The number of nitrogens with one attached hydrogen (secondary N) is 1. The Kier molecular flexibility index (Phi) is 4.22. The maximum absolute atomic E-state index is 13.7. The minimum absolute atomic E-state index is 0.0799. The zero-order valence-electron chi connectivity index (χ0n) is 15.5. The van der Waals surface area contributed by atoms with E-state index in [4.69, 9.17) is 5.10 Å². The largest absolute Gasteiger partial charge is 0.350 e. The van der Waals surface area contributed by atoms with Gasteiger partial charge in [-0.05, 0) is 61.4 Å². The molecular formula is C21H22FN5O. The SMILES string of the molecule is O=C(NCC1CC1)c1cnc2ccc(N3CCC[C@@H]3c3cccc(F)c3)nn12. The molecule has 1 aromatic carbocycles. The summed E-state index contributed by atoms with van der Waals surface area (Å²) in [6.45, 7) is 1.55. The van der Waals surface area contributed by atoms with Crippen LogP contribution in [-0.4, -0.2) is 33.6 Å². The summed E-state index contributed by atoms with van der Waals surface area (Å²) < 4.78 is 15.3. The van der Waals surface area contributed by atoms with Crippen LogP contribution in [0.3, 0.4) is 0 Å². The maximum atomic E-state index is 13.7. The number of hydrogen-bond acceptors (Lipinski definition) is 4. The minimum atomic E-state index is -0.225. The van der Waals surface area contributed by atoms with Crippen molar-refractivity contribution < 1.29 is 9.18 Å². The van der Waals surface area contributed by atoms with Gasteiger partial charge < -0.3 is 10.2 Å². The fourth-order valence-corrected chi connectivity index (χ4v) is 3.92. The highest BCUT2D eigenvalue weighted by Crippen LogP contribution is 2.35. The first-order valence-corrected chi connectivity index (χ1v) is 9.84. The summed E-state index contributed by atoms with van der Waals surface area (Å²) in [6.07, 6.45) is 5.91. The molecule has 2 fully saturated rings. The average Bonchev–Trinajstić information content (AvgIpc) is 3.24. The highest BCUT2D eigenvalue weighted by Gasteiger charge is 2.28. The van der Waals surface area contributed by atoms with Crippen LogP contribution in [0.15, 0.2) is 42.6 Å². The van der Waals surface area contributed by atoms with Crippen molar-refractivity contribution in [1.29, 1.82) is 0 Å². The molecule has 144 valence electrons. The first kappa shape index (κ1) is 17.2. The van der Waals surface area contributed by atoms with Crippen LogP contribution in [0, 0.1) is 11.7 Å². The molecule has 28 heavy (non-hydrogen) atoms. The average molecular weight is 379 g/mol. The van der Waals surface area contributed by atoms with E-state index in [1.54, 1.807) is 22.8 Å². The number of fused-ring (bicyclic) bond motifs is 1. The van der Waals surface area contributed by atoms with E-state index in [1.807, 2.05) is 18.2 Å². The summed E-state index contributed by atoms with van der Waals surface area (Å²) in [5.74, 6) is 1.01. The molecule has 1 amide bonds. The number of imidazole rings is 1. The predicted molar refractivity (Wildman–Crippen MR) is 104 cm³/mol. The number of carbonyl (C=O) groups is 1. The van der Waals surface area contributed by atoms with Crippen molar-refractivity contribution in [3.8, 4) is 0 Å². The van der Waals surface area contributed by atoms with Gasteiger partial charge in [0.2, 0.25) is 0 Å². The molecule has 5 rings (SSSR count). The number of nitrogens with zero attached hydrogens (tertiary/aromatic N) is 4. The van der Waals surface area contributed by atoms with Gasteiger partial charge in [-0.15, -0.1) is 5.10 Å². The van der Waals surface area contributed by atoms with Crippen LogP contribution in [0.2, 0.25) is 0 Å². The first-order valence-electron chi connectivity index (χ1n) is 9.84.